The number of nitrogens with zero attached hydrogens (tertiary/aromatic N) is 2. The first kappa shape index (κ1) is 14.3. The topological polar surface area (TPSA) is 45.2 Å². The molecular weight excluding hydrogens is 262 g/mol. The van der Waals surface area contributed by atoms with E-state index in [2.05, 4.69) is 22.1 Å². The van der Waals surface area contributed by atoms with Crippen LogP contribution in [0, 0.1) is 5.92 Å². The molecule has 1 aliphatic rings. The number of hydrogen-bond donors (Lipinski definition) is 1. The molecule has 0 saturated carbocycles. The van der Waals surface area contributed by atoms with Crippen LogP contribution >= 0.6 is 11.6 Å². The first-order chi connectivity index (χ1) is 9.08. The van der Waals surface area contributed by atoms with Gasteiger partial charge in [0.2, 0.25) is 5.91 Å². The molecule has 2 rings (SSSR count). The van der Waals surface area contributed by atoms with Crippen molar-refractivity contribution in [2.45, 2.75) is 32.7 Å². The molecule has 19 heavy (non-hydrogen) atoms. The zero-order valence-electron chi connectivity index (χ0n) is 11.4. The van der Waals surface area contributed by atoms with Gasteiger partial charge in [0.05, 0.1) is 11.7 Å². The fourth-order valence-corrected chi connectivity index (χ4v) is 2.46. The van der Waals surface area contributed by atoms with Crippen LogP contribution in [0.15, 0.2) is 18.3 Å². The summed E-state index contributed by atoms with van der Waals surface area (Å²) in [6.45, 7) is 6.17. The van der Waals surface area contributed by atoms with Gasteiger partial charge in [0.15, 0.2) is 5.15 Å². The molecule has 104 valence electrons. The molecule has 2 heterocycles. The zero-order valence-corrected chi connectivity index (χ0v) is 12.2. The lowest BCUT2D eigenvalue weighted by Crippen LogP contribution is -2.45. The molecule has 1 atom stereocenters. The lowest BCUT2D eigenvalue weighted by atomic mass is 9.98. The highest BCUT2D eigenvalue weighted by molar-refractivity contribution is 6.32. The number of aromatic nitrogens is 1. The van der Waals surface area contributed by atoms with E-state index in [1.54, 1.807) is 18.3 Å². The van der Waals surface area contributed by atoms with Gasteiger partial charge in [-0.25, -0.2) is 4.98 Å². The van der Waals surface area contributed by atoms with Gasteiger partial charge in [-0.15, -0.1) is 0 Å². The summed E-state index contributed by atoms with van der Waals surface area (Å²) in [5.41, 5.74) is 0.575. The maximum Gasteiger partial charge on any atom is 0.241 e. The monoisotopic (exact) mass is 281 g/mol. The number of nitrogens with one attached hydrogen (secondary N) is 1. The molecule has 1 fully saturated rings. The Labute approximate surface area is 119 Å². The van der Waals surface area contributed by atoms with E-state index in [0.29, 0.717) is 10.8 Å². The second-order valence-electron chi connectivity index (χ2n) is 5.23. The highest BCUT2D eigenvalue weighted by atomic mass is 35.5. The van der Waals surface area contributed by atoms with Crippen molar-refractivity contribution in [3.63, 3.8) is 0 Å². The van der Waals surface area contributed by atoms with Crippen LogP contribution in [0.5, 0.6) is 0 Å². The molecule has 4 nitrogen and oxygen atoms in total. The van der Waals surface area contributed by atoms with E-state index in [1.807, 2.05) is 6.92 Å². The van der Waals surface area contributed by atoms with E-state index >= 15 is 0 Å². The van der Waals surface area contributed by atoms with Gasteiger partial charge in [-0.3, -0.25) is 9.69 Å². The number of rotatable bonds is 3. The highest BCUT2D eigenvalue weighted by Crippen LogP contribution is 2.21. The predicted molar refractivity (Wildman–Crippen MR) is 77.3 cm³/mol. The Balaban J connectivity index is 1.94. The normalized spacial score (nSPS) is 19.1. The van der Waals surface area contributed by atoms with Crippen molar-refractivity contribution in [1.29, 1.82) is 0 Å². The number of carbonyl (C=O) groups excluding carboxylic acids is 1. The number of anilines is 1. The Morgan fingerprint density at radius 2 is 2.21 bits per heavy atom. The Morgan fingerprint density at radius 3 is 2.84 bits per heavy atom. The standard InChI is InChI=1S/C14H20ClN3O/c1-10-5-8-18(9-6-10)11(2)14(19)17-12-4-3-7-16-13(12)15/h3-4,7,10-11H,5-6,8-9H2,1-2H3,(H,17,19)/t11-/m1/s1. The molecule has 0 aromatic carbocycles. The van der Waals surface area contributed by atoms with E-state index in [4.69, 9.17) is 11.6 Å². The minimum absolute atomic E-state index is 0.0237. The number of pyridine rings is 1. The van der Waals surface area contributed by atoms with Crippen LogP contribution in [-0.2, 0) is 4.79 Å². The van der Waals surface area contributed by atoms with E-state index in [9.17, 15) is 4.79 Å². The Kier molecular flexibility index (Phi) is 4.77. The predicted octanol–water partition coefficient (Wildman–Crippen LogP) is 2.79. The van der Waals surface area contributed by atoms with E-state index in [1.165, 1.54) is 0 Å². The molecule has 1 N–H and O–H groups in total. The summed E-state index contributed by atoms with van der Waals surface area (Å²) < 4.78 is 0. The number of halogens is 1. The molecule has 0 aliphatic carbocycles. The van der Waals surface area contributed by atoms with Crippen LogP contribution in [0.4, 0.5) is 5.69 Å². The summed E-state index contributed by atoms with van der Waals surface area (Å²) in [6.07, 6.45) is 3.92. The summed E-state index contributed by atoms with van der Waals surface area (Å²) in [7, 11) is 0. The van der Waals surface area contributed by atoms with Crippen molar-refractivity contribution < 1.29 is 4.79 Å². The molecule has 1 amide bonds. The summed E-state index contributed by atoms with van der Waals surface area (Å²) >= 11 is 5.94. The van der Waals surface area contributed by atoms with Crippen LogP contribution < -0.4 is 5.32 Å². The van der Waals surface area contributed by atoms with Crippen LogP contribution in [0.3, 0.4) is 0 Å². The number of amides is 1. The van der Waals surface area contributed by atoms with Crippen molar-refractivity contribution >= 4 is 23.2 Å². The van der Waals surface area contributed by atoms with Gasteiger partial charge < -0.3 is 5.32 Å². The second-order valence-corrected chi connectivity index (χ2v) is 5.58. The van der Waals surface area contributed by atoms with Gasteiger partial charge in [-0.1, -0.05) is 18.5 Å². The van der Waals surface area contributed by atoms with Crippen molar-refractivity contribution in [3.05, 3.63) is 23.5 Å². The van der Waals surface area contributed by atoms with Crippen molar-refractivity contribution in [1.82, 2.24) is 9.88 Å². The third-order valence-electron chi connectivity index (χ3n) is 3.76. The molecule has 0 unspecified atom stereocenters. The average molecular weight is 282 g/mol. The van der Waals surface area contributed by atoms with Gasteiger partial charge in [0, 0.05) is 6.20 Å². The molecular formula is C14H20ClN3O. The van der Waals surface area contributed by atoms with Crippen molar-refractivity contribution in [3.8, 4) is 0 Å². The van der Waals surface area contributed by atoms with E-state index in [0.717, 1.165) is 31.8 Å². The summed E-state index contributed by atoms with van der Waals surface area (Å²) in [5.74, 6) is 0.740. The molecule has 5 heteroatoms. The van der Waals surface area contributed by atoms with Gasteiger partial charge >= 0.3 is 0 Å². The van der Waals surface area contributed by atoms with Gasteiger partial charge in [-0.05, 0) is 50.9 Å². The zero-order chi connectivity index (χ0) is 13.8. The minimum Gasteiger partial charge on any atom is -0.322 e. The molecule has 0 spiro atoms. The van der Waals surface area contributed by atoms with Crippen LogP contribution in [0.25, 0.3) is 0 Å². The quantitative estimate of drug-likeness (QED) is 0.867. The summed E-state index contributed by atoms with van der Waals surface area (Å²) in [4.78, 5) is 18.4. The molecule has 0 bridgehead atoms. The molecule has 1 aliphatic heterocycles. The second kappa shape index (κ2) is 6.35. The first-order valence-electron chi connectivity index (χ1n) is 6.73. The molecule has 1 aromatic heterocycles. The summed E-state index contributed by atoms with van der Waals surface area (Å²) in [6, 6.07) is 3.39. The van der Waals surface area contributed by atoms with Gasteiger partial charge in [0.1, 0.15) is 0 Å². The van der Waals surface area contributed by atoms with Gasteiger partial charge in [0.25, 0.3) is 0 Å². The number of hydrogen-bond acceptors (Lipinski definition) is 3. The number of likely N-dealkylation sites (tertiary alicyclic amines) is 1. The SMILES string of the molecule is CC1CCN([C@H](C)C(=O)Nc2cccnc2Cl)CC1. The fraction of sp³-hybridized carbons (Fsp3) is 0.571. The maximum absolute atomic E-state index is 12.2. The third kappa shape index (κ3) is 3.67. The summed E-state index contributed by atoms with van der Waals surface area (Å²) in [5, 5.41) is 3.17. The van der Waals surface area contributed by atoms with E-state index < -0.39 is 0 Å². The van der Waals surface area contributed by atoms with Crippen LogP contribution in [0.2, 0.25) is 5.15 Å². The number of carbonyl (C=O) groups is 1. The Hall–Kier alpha value is -1.13. The lowest BCUT2D eigenvalue weighted by molar-refractivity contribution is -0.121. The highest BCUT2D eigenvalue weighted by Gasteiger charge is 2.25. The van der Waals surface area contributed by atoms with Gasteiger partial charge in [-0.2, -0.15) is 0 Å². The van der Waals surface area contributed by atoms with Crippen LogP contribution in [0.1, 0.15) is 26.7 Å². The minimum atomic E-state index is -0.135. The average Bonchev–Trinajstić information content (AvgIpc) is 2.41. The fourth-order valence-electron chi connectivity index (χ4n) is 2.30. The lowest BCUT2D eigenvalue weighted by Gasteiger charge is -2.34. The Bertz CT molecular complexity index is 444. The molecule has 1 aromatic rings. The Morgan fingerprint density at radius 1 is 1.53 bits per heavy atom. The smallest absolute Gasteiger partial charge is 0.241 e. The van der Waals surface area contributed by atoms with Crippen molar-refractivity contribution in [2.75, 3.05) is 18.4 Å². The molecule has 0 radical (unpaired) electrons. The number of piperidine rings is 1. The largest absolute Gasteiger partial charge is 0.322 e. The third-order valence-corrected chi connectivity index (χ3v) is 4.06. The first-order valence-corrected chi connectivity index (χ1v) is 7.11. The maximum atomic E-state index is 12.2. The van der Waals surface area contributed by atoms with Crippen molar-refractivity contribution in [2.24, 2.45) is 5.92 Å². The van der Waals surface area contributed by atoms with Crippen LogP contribution in [-0.4, -0.2) is 34.9 Å². The molecule has 1 saturated heterocycles. The van der Waals surface area contributed by atoms with E-state index in [-0.39, 0.29) is 11.9 Å².